The molecule has 0 atom stereocenters. The van der Waals surface area contributed by atoms with Crippen molar-refractivity contribution in [3.63, 3.8) is 0 Å². The lowest BCUT2D eigenvalue weighted by Crippen LogP contribution is -2.27. The summed E-state index contributed by atoms with van der Waals surface area (Å²) in [6.45, 7) is 6.59. The lowest BCUT2D eigenvalue weighted by molar-refractivity contribution is 0.0948. The van der Waals surface area contributed by atoms with Crippen LogP contribution in [0, 0.1) is 13.8 Å². The zero-order valence-electron chi connectivity index (χ0n) is 11.4. The van der Waals surface area contributed by atoms with Gasteiger partial charge in [-0.3, -0.25) is 9.59 Å². The van der Waals surface area contributed by atoms with Crippen LogP contribution in [-0.2, 0) is 0 Å². The minimum Gasteiger partial charge on any atom is -0.354 e. The first kappa shape index (κ1) is 14.4. The molecule has 5 nitrogen and oxygen atoms in total. The van der Waals surface area contributed by atoms with E-state index in [9.17, 15) is 9.59 Å². The topological polar surface area (TPSA) is 74.0 Å². The molecule has 0 aliphatic carbocycles. The first-order chi connectivity index (χ1) is 8.49. The minimum atomic E-state index is -0.154. The fraction of sp³-hybridized carbons (Fsp3) is 0.538. The summed E-state index contributed by atoms with van der Waals surface area (Å²) in [5.74, 6) is -0.172. The number of aromatic amines is 1. The highest BCUT2D eigenvalue weighted by Gasteiger charge is 2.19. The second kappa shape index (κ2) is 6.35. The number of hydrogen-bond donors (Lipinski definition) is 3. The van der Waals surface area contributed by atoms with Crippen LogP contribution in [0.2, 0.25) is 0 Å². The Kier molecular flexibility index (Phi) is 5.09. The Labute approximate surface area is 107 Å². The first-order valence-electron chi connectivity index (χ1n) is 6.12. The number of aromatic nitrogens is 1. The van der Waals surface area contributed by atoms with Gasteiger partial charge < -0.3 is 15.6 Å². The van der Waals surface area contributed by atoms with Crippen molar-refractivity contribution in [3.8, 4) is 0 Å². The number of ketones is 1. The molecule has 100 valence electrons. The van der Waals surface area contributed by atoms with E-state index in [-0.39, 0.29) is 11.7 Å². The summed E-state index contributed by atoms with van der Waals surface area (Å²) in [6.07, 6.45) is 0.876. The molecule has 0 aliphatic heterocycles. The molecule has 18 heavy (non-hydrogen) atoms. The van der Waals surface area contributed by atoms with Gasteiger partial charge in [-0.1, -0.05) is 0 Å². The van der Waals surface area contributed by atoms with Gasteiger partial charge in [-0.25, -0.2) is 0 Å². The summed E-state index contributed by atoms with van der Waals surface area (Å²) in [4.78, 5) is 26.4. The number of H-pyrrole nitrogens is 1. The van der Waals surface area contributed by atoms with E-state index in [1.165, 1.54) is 6.92 Å². The molecule has 0 radical (unpaired) electrons. The maximum Gasteiger partial charge on any atom is 0.268 e. The van der Waals surface area contributed by atoms with E-state index < -0.39 is 0 Å². The quantitative estimate of drug-likeness (QED) is 0.525. The summed E-state index contributed by atoms with van der Waals surface area (Å²) in [5, 5.41) is 5.85. The normalized spacial score (nSPS) is 10.4. The Morgan fingerprint density at radius 3 is 2.39 bits per heavy atom. The predicted molar refractivity (Wildman–Crippen MR) is 71.1 cm³/mol. The van der Waals surface area contributed by atoms with Crippen LogP contribution in [0.15, 0.2) is 0 Å². The van der Waals surface area contributed by atoms with Gasteiger partial charge in [0.05, 0.1) is 0 Å². The summed E-state index contributed by atoms with van der Waals surface area (Å²) < 4.78 is 0. The van der Waals surface area contributed by atoms with Crippen molar-refractivity contribution in [3.05, 3.63) is 22.5 Å². The molecule has 5 heteroatoms. The van der Waals surface area contributed by atoms with Gasteiger partial charge in [0.1, 0.15) is 5.69 Å². The maximum atomic E-state index is 11.9. The monoisotopic (exact) mass is 251 g/mol. The Morgan fingerprint density at radius 1 is 1.22 bits per heavy atom. The number of hydrogen-bond acceptors (Lipinski definition) is 3. The van der Waals surface area contributed by atoms with Gasteiger partial charge in [0.25, 0.3) is 5.91 Å². The summed E-state index contributed by atoms with van der Waals surface area (Å²) in [5.41, 5.74) is 2.59. The van der Waals surface area contributed by atoms with Crippen LogP contribution in [-0.4, -0.2) is 36.8 Å². The second-order valence-corrected chi connectivity index (χ2v) is 4.39. The van der Waals surface area contributed by atoms with Crippen molar-refractivity contribution >= 4 is 11.7 Å². The predicted octanol–water partition coefficient (Wildman–Crippen LogP) is 1.17. The molecule has 0 spiro atoms. The lowest BCUT2D eigenvalue weighted by atomic mass is 10.1. The van der Waals surface area contributed by atoms with Crippen molar-refractivity contribution in [2.24, 2.45) is 0 Å². The van der Waals surface area contributed by atoms with E-state index in [1.54, 1.807) is 6.92 Å². The van der Waals surface area contributed by atoms with Gasteiger partial charge in [-0.05, 0) is 46.3 Å². The Bertz CT molecular complexity index is 449. The third kappa shape index (κ3) is 3.20. The van der Waals surface area contributed by atoms with Crippen molar-refractivity contribution in [2.45, 2.75) is 27.2 Å². The SMILES string of the molecule is CNCCCNC(=O)c1[nH]c(C)c(C(C)=O)c1C. The number of carbonyl (C=O) groups excluding carboxylic acids is 2. The third-order valence-corrected chi connectivity index (χ3v) is 2.91. The Morgan fingerprint density at radius 2 is 1.89 bits per heavy atom. The lowest BCUT2D eigenvalue weighted by Gasteiger charge is -2.04. The number of aryl methyl sites for hydroxylation is 1. The van der Waals surface area contributed by atoms with Crippen LogP contribution >= 0.6 is 0 Å². The summed E-state index contributed by atoms with van der Waals surface area (Å²) in [7, 11) is 1.87. The van der Waals surface area contributed by atoms with Gasteiger partial charge in [-0.15, -0.1) is 0 Å². The molecule has 1 aromatic heterocycles. The average Bonchev–Trinajstić information content (AvgIpc) is 2.60. The van der Waals surface area contributed by atoms with Crippen molar-refractivity contribution < 1.29 is 9.59 Å². The van der Waals surface area contributed by atoms with Crippen LogP contribution in [0.25, 0.3) is 0 Å². The second-order valence-electron chi connectivity index (χ2n) is 4.39. The molecular formula is C13H21N3O2. The molecule has 0 aliphatic rings. The van der Waals surface area contributed by atoms with E-state index in [0.29, 0.717) is 17.8 Å². The number of carbonyl (C=O) groups is 2. The van der Waals surface area contributed by atoms with Crippen LogP contribution in [0.1, 0.15) is 45.4 Å². The number of Topliss-reactive ketones (excluding diaryl/α,β-unsaturated/α-hetero) is 1. The van der Waals surface area contributed by atoms with E-state index in [4.69, 9.17) is 0 Å². The molecule has 0 fully saturated rings. The molecule has 1 heterocycles. The number of rotatable bonds is 6. The molecule has 0 unspecified atom stereocenters. The van der Waals surface area contributed by atoms with Crippen LogP contribution in [0.5, 0.6) is 0 Å². The van der Waals surface area contributed by atoms with Crippen molar-refractivity contribution in [1.82, 2.24) is 15.6 Å². The van der Waals surface area contributed by atoms with Gasteiger partial charge in [0, 0.05) is 17.8 Å². The van der Waals surface area contributed by atoms with Gasteiger partial charge in [-0.2, -0.15) is 0 Å². The van der Waals surface area contributed by atoms with Crippen LogP contribution in [0.3, 0.4) is 0 Å². The smallest absolute Gasteiger partial charge is 0.268 e. The highest BCUT2D eigenvalue weighted by atomic mass is 16.2. The molecule has 0 saturated carbocycles. The number of nitrogens with one attached hydrogen (secondary N) is 3. The average molecular weight is 251 g/mol. The summed E-state index contributed by atoms with van der Waals surface area (Å²) in [6, 6.07) is 0. The maximum absolute atomic E-state index is 11.9. The van der Waals surface area contributed by atoms with Gasteiger partial charge in [0.2, 0.25) is 0 Å². The Balaban J connectivity index is 2.75. The molecular weight excluding hydrogens is 230 g/mol. The largest absolute Gasteiger partial charge is 0.354 e. The van der Waals surface area contributed by atoms with Crippen molar-refractivity contribution in [1.29, 1.82) is 0 Å². The number of amides is 1. The van der Waals surface area contributed by atoms with E-state index in [2.05, 4.69) is 15.6 Å². The van der Waals surface area contributed by atoms with Gasteiger partial charge >= 0.3 is 0 Å². The highest BCUT2D eigenvalue weighted by Crippen LogP contribution is 2.18. The van der Waals surface area contributed by atoms with Gasteiger partial charge in [0.15, 0.2) is 5.78 Å². The zero-order valence-corrected chi connectivity index (χ0v) is 11.4. The first-order valence-corrected chi connectivity index (χ1v) is 6.12. The molecule has 1 rings (SSSR count). The molecule has 1 amide bonds. The van der Waals surface area contributed by atoms with E-state index in [1.807, 2.05) is 14.0 Å². The molecule has 0 bridgehead atoms. The minimum absolute atomic E-state index is 0.0181. The van der Waals surface area contributed by atoms with E-state index >= 15 is 0 Å². The fourth-order valence-corrected chi connectivity index (χ4v) is 2.06. The summed E-state index contributed by atoms with van der Waals surface area (Å²) >= 11 is 0. The molecule has 0 aromatic carbocycles. The van der Waals surface area contributed by atoms with Crippen LogP contribution < -0.4 is 10.6 Å². The van der Waals surface area contributed by atoms with E-state index in [0.717, 1.165) is 24.2 Å². The zero-order chi connectivity index (χ0) is 13.7. The standard InChI is InChI=1S/C13H21N3O2/c1-8-11(10(3)17)9(2)16-12(8)13(18)15-7-5-6-14-4/h14,16H,5-7H2,1-4H3,(H,15,18). The Hall–Kier alpha value is -1.62. The third-order valence-electron chi connectivity index (χ3n) is 2.91. The van der Waals surface area contributed by atoms with Crippen molar-refractivity contribution in [2.75, 3.05) is 20.1 Å². The molecule has 0 saturated heterocycles. The molecule has 3 N–H and O–H groups in total. The van der Waals surface area contributed by atoms with Crippen LogP contribution in [0.4, 0.5) is 0 Å². The fourth-order valence-electron chi connectivity index (χ4n) is 2.06. The molecule has 1 aromatic rings. The highest BCUT2D eigenvalue weighted by molar-refractivity contribution is 6.02.